The van der Waals surface area contributed by atoms with Crippen LogP contribution in [0.1, 0.15) is 16.8 Å². The molecule has 8 nitrogen and oxygen atoms in total. The normalized spacial score (nSPS) is 20.5. The van der Waals surface area contributed by atoms with E-state index in [0.717, 1.165) is 0 Å². The van der Waals surface area contributed by atoms with Gasteiger partial charge in [-0.3, -0.25) is 20.3 Å². The highest BCUT2D eigenvalue weighted by molar-refractivity contribution is 7.91. The molecule has 1 unspecified atom stereocenters. The van der Waals surface area contributed by atoms with Crippen LogP contribution < -0.4 is 10.9 Å². The molecule has 1 amide bonds. The van der Waals surface area contributed by atoms with Crippen LogP contribution in [0, 0.1) is 10.1 Å². The maximum absolute atomic E-state index is 11.8. The molecular weight excluding hydrogens is 286 g/mol. The lowest BCUT2D eigenvalue weighted by atomic mass is 10.2. The number of amides is 1. The molecule has 0 bridgehead atoms. The van der Waals surface area contributed by atoms with E-state index in [2.05, 4.69) is 10.9 Å². The lowest BCUT2D eigenvalue weighted by Gasteiger charge is -2.11. The number of nitro groups is 1. The maximum atomic E-state index is 11.8. The van der Waals surface area contributed by atoms with Gasteiger partial charge in [0.15, 0.2) is 9.84 Å². The number of carbonyl (C=O) groups is 1. The van der Waals surface area contributed by atoms with Gasteiger partial charge in [-0.15, -0.1) is 0 Å². The Morgan fingerprint density at radius 1 is 1.30 bits per heavy atom. The van der Waals surface area contributed by atoms with E-state index in [1.165, 1.54) is 24.3 Å². The third-order valence-corrected chi connectivity index (χ3v) is 4.73. The molecule has 1 atom stereocenters. The van der Waals surface area contributed by atoms with Gasteiger partial charge in [0.25, 0.3) is 11.6 Å². The van der Waals surface area contributed by atoms with Gasteiger partial charge in [0.1, 0.15) is 0 Å². The van der Waals surface area contributed by atoms with Gasteiger partial charge in [-0.05, 0) is 18.6 Å². The molecule has 1 aliphatic heterocycles. The molecule has 1 heterocycles. The van der Waals surface area contributed by atoms with Crippen LogP contribution in [-0.2, 0) is 9.84 Å². The van der Waals surface area contributed by atoms with E-state index in [0.29, 0.717) is 6.42 Å². The molecule has 20 heavy (non-hydrogen) atoms. The fraction of sp³-hybridized carbons (Fsp3) is 0.364. The predicted molar refractivity (Wildman–Crippen MR) is 70.8 cm³/mol. The maximum Gasteiger partial charge on any atom is 0.269 e. The molecule has 108 valence electrons. The smallest absolute Gasteiger partial charge is 0.269 e. The number of hydrogen-bond donors (Lipinski definition) is 2. The van der Waals surface area contributed by atoms with E-state index in [4.69, 9.17) is 0 Å². The van der Waals surface area contributed by atoms with Crippen molar-refractivity contribution >= 4 is 21.4 Å². The van der Waals surface area contributed by atoms with Gasteiger partial charge in [0.05, 0.1) is 16.4 Å². The largest absolute Gasteiger partial charge is 0.287 e. The predicted octanol–water partition coefficient (Wildman–Crippen LogP) is 0.0163. The highest BCUT2D eigenvalue weighted by Gasteiger charge is 2.27. The first-order valence-electron chi connectivity index (χ1n) is 5.88. The Morgan fingerprint density at radius 3 is 2.45 bits per heavy atom. The Balaban J connectivity index is 1.90. The van der Waals surface area contributed by atoms with Crippen molar-refractivity contribution in [3.05, 3.63) is 39.9 Å². The van der Waals surface area contributed by atoms with Crippen molar-refractivity contribution in [2.45, 2.75) is 12.5 Å². The number of benzene rings is 1. The number of carbonyl (C=O) groups excluding carboxylic acids is 1. The molecule has 1 aromatic carbocycles. The van der Waals surface area contributed by atoms with Crippen molar-refractivity contribution in [3.63, 3.8) is 0 Å². The molecule has 1 aliphatic rings. The minimum atomic E-state index is -3.01. The van der Waals surface area contributed by atoms with E-state index in [1.54, 1.807) is 0 Å². The Morgan fingerprint density at radius 2 is 1.95 bits per heavy atom. The fourth-order valence-electron chi connectivity index (χ4n) is 1.88. The van der Waals surface area contributed by atoms with Crippen molar-refractivity contribution in [1.29, 1.82) is 0 Å². The minimum absolute atomic E-state index is 0.00641. The van der Waals surface area contributed by atoms with Gasteiger partial charge < -0.3 is 0 Å². The zero-order valence-corrected chi connectivity index (χ0v) is 11.2. The molecule has 2 rings (SSSR count). The molecule has 0 radical (unpaired) electrons. The molecule has 0 spiro atoms. The van der Waals surface area contributed by atoms with Crippen LogP contribution in [0.25, 0.3) is 0 Å². The molecule has 9 heteroatoms. The lowest BCUT2D eigenvalue weighted by Crippen LogP contribution is -2.44. The Labute approximate surface area is 115 Å². The molecule has 2 N–H and O–H groups in total. The second kappa shape index (κ2) is 5.55. The van der Waals surface area contributed by atoms with Crippen molar-refractivity contribution in [1.82, 2.24) is 10.9 Å². The summed E-state index contributed by atoms with van der Waals surface area (Å²) in [5.74, 6) is -0.366. The van der Waals surface area contributed by atoms with Crippen LogP contribution in [0.4, 0.5) is 5.69 Å². The Bertz CT molecular complexity index is 626. The van der Waals surface area contributed by atoms with E-state index < -0.39 is 20.7 Å². The number of hydrogen-bond acceptors (Lipinski definition) is 6. The highest BCUT2D eigenvalue weighted by Crippen LogP contribution is 2.12. The average Bonchev–Trinajstić information content (AvgIpc) is 2.75. The van der Waals surface area contributed by atoms with Crippen LogP contribution in [0.3, 0.4) is 0 Å². The summed E-state index contributed by atoms with van der Waals surface area (Å²) in [6, 6.07) is 4.83. The Hall–Kier alpha value is -2.00. The van der Waals surface area contributed by atoms with E-state index >= 15 is 0 Å². The van der Waals surface area contributed by atoms with Crippen LogP contribution in [0.5, 0.6) is 0 Å². The van der Waals surface area contributed by atoms with Crippen LogP contribution in [0.2, 0.25) is 0 Å². The number of rotatable bonds is 4. The average molecular weight is 299 g/mol. The topological polar surface area (TPSA) is 118 Å². The summed E-state index contributed by atoms with van der Waals surface area (Å²) in [6.45, 7) is 0. The SMILES string of the molecule is O=C(NNC1CCS(=O)(=O)C1)c1ccc([N+](=O)[O-])cc1. The third-order valence-electron chi connectivity index (χ3n) is 2.96. The monoisotopic (exact) mass is 299 g/mol. The van der Waals surface area contributed by atoms with Crippen molar-refractivity contribution in [3.8, 4) is 0 Å². The zero-order chi connectivity index (χ0) is 14.8. The lowest BCUT2D eigenvalue weighted by molar-refractivity contribution is -0.384. The number of hydrazine groups is 1. The van der Waals surface area contributed by atoms with Gasteiger partial charge in [-0.1, -0.05) is 0 Å². The van der Waals surface area contributed by atoms with Gasteiger partial charge in [-0.2, -0.15) is 0 Å². The third kappa shape index (κ3) is 3.52. The summed E-state index contributed by atoms with van der Waals surface area (Å²) in [5, 5.41) is 10.5. The standard InChI is InChI=1S/C11H13N3O5S/c15-11(8-1-3-10(4-2-8)14(16)17)13-12-9-5-6-20(18,19)7-9/h1-4,9,12H,5-7H2,(H,13,15). The molecule has 0 aliphatic carbocycles. The van der Waals surface area contributed by atoms with Crippen molar-refractivity contribution < 1.29 is 18.1 Å². The van der Waals surface area contributed by atoms with Gasteiger partial charge in [0.2, 0.25) is 0 Å². The van der Waals surface area contributed by atoms with Crippen LogP contribution >= 0.6 is 0 Å². The second-order valence-corrected chi connectivity index (χ2v) is 6.73. The highest BCUT2D eigenvalue weighted by atomic mass is 32.2. The molecule has 0 saturated carbocycles. The quantitative estimate of drug-likeness (QED) is 0.597. The summed E-state index contributed by atoms with van der Waals surface area (Å²) in [5.41, 5.74) is 5.22. The molecule has 1 fully saturated rings. The summed E-state index contributed by atoms with van der Waals surface area (Å²) < 4.78 is 22.5. The molecular formula is C11H13N3O5S. The first-order valence-corrected chi connectivity index (χ1v) is 7.70. The van der Waals surface area contributed by atoms with Gasteiger partial charge in [0, 0.05) is 23.7 Å². The van der Waals surface area contributed by atoms with Crippen molar-refractivity contribution in [2.75, 3.05) is 11.5 Å². The Kier molecular flexibility index (Phi) is 4.00. The number of non-ortho nitro benzene ring substituents is 1. The number of sulfone groups is 1. The van der Waals surface area contributed by atoms with Crippen molar-refractivity contribution in [2.24, 2.45) is 0 Å². The van der Waals surface area contributed by atoms with Crippen LogP contribution in [0.15, 0.2) is 24.3 Å². The van der Waals surface area contributed by atoms with Crippen LogP contribution in [-0.4, -0.2) is 36.8 Å². The number of nitrogens with one attached hydrogen (secondary N) is 2. The second-order valence-electron chi connectivity index (χ2n) is 4.50. The van der Waals surface area contributed by atoms with E-state index in [9.17, 15) is 23.3 Å². The first-order chi connectivity index (χ1) is 9.37. The molecule has 0 aromatic heterocycles. The van der Waals surface area contributed by atoms with Gasteiger partial charge >= 0.3 is 0 Å². The zero-order valence-electron chi connectivity index (χ0n) is 10.4. The minimum Gasteiger partial charge on any atom is -0.287 e. The summed E-state index contributed by atoms with van der Waals surface area (Å²) in [6.07, 6.45) is 0.447. The first kappa shape index (κ1) is 14.4. The summed E-state index contributed by atoms with van der Waals surface area (Å²) >= 11 is 0. The number of nitro benzene ring substituents is 1. The number of nitrogens with zero attached hydrogens (tertiary/aromatic N) is 1. The van der Waals surface area contributed by atoms with E-state index in [-0.39, 0.29) is 28.8 Å². The van der Waals surface area contributed by atoms with E-state index in [1.807, 2.05) is 0 Å². The fourth-order valence-corrected chi connectivity index (χ4v) is 3.56. The molecule has 1 aromatic rings. The molecule has 1 saturated heterocycles. The van der Waals surface area contributed by atoms with Gasteiger partial charge in [-0.25, -0.2) is 13.8 Å². The summed E-state index contributed by atoms with van der Waals surface area (Å²) in [4.78, 5) is 21.7. The summed E-state index contributed by atoms with van der Waals surface area (Å²) in [7, 11) is -3.01.